The molecular formula is C32H53N7O2. The molecule has 228 valence electrons. The third kappa shape index (κ3) is 9.38. The number of aromatic nitrogens is 3. The zero-order valence-corrected chi connectivity index (χ0v) is 26.3. The number of fused-ring (bicyclic) bond motifs is 3. The Morgan fingerprint density at radius 3 is 2.34 bits per heavy atom. The van der Waals surface area contributed by atoms with Gasteiger partial charge in [-0.15, -0.1) is 0 Å². The van der Waals surface area contributed by atoms with Crippen LogP contribution in [0.3, 0.4) is 0 Å². The van der Waals surface area contributed by atoms with E-state index in [4.69, 9.17) is 15.5 Å². The van der Waals surface area contributed by atoms with Crippen LogP contribution in [0.5, 0.6) is 0 Å². The molecule has 0 radical (unpaired) electrons. The van der Waals surface area contributed by atoms with Crippen LogP contribution in [0.4, 0.5) is 5.82 Å². The summed E-state index contributed by atoms with van der Waals surface area (Å²) in [6.07, 6.45) is 4.62. The molecule has 0 fully saturated rings. The SMILES string of the molecule is CCNCc1nc2c(N)nc3ccccc3c2n1CC(C)(C)OC(=O)CCCCCN(CC)CCCN(CC)CC. The van der Waals surface area contributed by atoms with Crippen molar-refractivity contribution in [2.75, 3.05) is 51.5 Å². The van der Waals surface area contributed by atoms with Gasteiger partial charge in [0.2, 0.25) is 0 Å². The van der Waals surface area contributed by atoms with Crippen molar-refractivity contribution in [1.29, 1.82) is 0 Å². The highest BCUT2D eigenvalue weighted by Gasteiger charge is 2.27. The summed E-state index contributed by atoms with van der Waals surface area (Å²) in [4.78, 5) is 27.3. The van der Waals surface area contributed by atoms with Crippen LogP contribution < -0.4 is 11.1 Å². The van der Waals surface area contributed by atoms with Gasteiger partial charge in [-0.05, 0) is 85.0 Å². The van der Waals surface area contributed by atoms with Crippen molar-refractivity contribution < 1.29 is 9.53 Å². The number of unbranched alkanes of at least 4 members (excludes halogenated alkanes) is 2. The Kier molecular flexibility index (Phi) is 12.8. The maximum absolute atomic E-state index is 12.9. The maximum atomic E-state index is 12.9. The first-order valence-corrected chi connectivity index (χ1v) is 15.6. The number of anilines is 1. The maximum Gasteiger partial charge on any atom is 0.306 e. The molecule has 9 heteroatoms. The van der Waals surface area contributed by atoms with Gasteiger partial charge in [-0.1, -0.05) is 52.3 Å². The fraction of sp³-hybridized carbons (Fsp3) is 0.656. The van der Waals surface area contributed by atoms with Crippen LogP contribution in [0.2, 0.25) is 0 Å². The highest BCUT2D eigenvalue weighted by Crippen LogP contribution is 2.30. The number of nitrogens with one attached hydrogen (secondary N) is 1. The van der Waals surface area contributed by atoms with E-state index in [1.165, 1.54) is 6.42 Å². The highest BCUT2D eigenvalue weighted by atomic mass is 16.6. The minimum absolute atomic E-state index is 0.148. The molecule has 0 aliphatic carbocycles. The molecule has 0 saturated carbocycles. The first-order valence-electron chi connectivity index (χ1n) is 15.6. The van der Waals surface area contributed by atoms with Crippen LogP contribution >= 0.6 is 0 Å². The number of carbonyl (C=O) groups excluding carboxylic acids is 1. The average Bonchev–Trinajstić information content (AvgIpc) is 3.30. The molecule has 3 N–H and O–H groups in total. The quantitative estimate of drug-likeness (QED) is 0.150. The molecule has 0 unspecified atom stereocenters. The molecule has 2 heterocycles. The van der Waals surface area contributed by atoms with Crippen LogP contribution in [0.1, 0.15) is 79.5 Å². The molecule has 3 rings (SSSR count). The molecular weight excluding hydrogens is 514 g/mol. The second-order valence-electron chi connectivity index (χ2n) is 11.5. The molecule has 0 aliphatic rings. The van der Waals surface area contributed by atoms with Gasteiger partial charge in [0.05, 0.1) is 24.1 Å². The molecule has 0 amide bonds. The zero-order chi connectivity index (χ0) is 29.8. The molecule has 2 aromatic heterocycles. The van der Waals surface area contributed by atoms with Gasteiger partial charge < -0.3 is 30.2 Å². The lowest BCUT2D eigenvalue weighted by Crippen LogP contribution is -2.34. The third-order valence-corrected chi connectivity index (χ3v) is 7.80. The Balaban J connectivity index is 1.56. The summed E-state index contributed by atoms with van der Waals surface area (Å²) in [6.45, 7) is 21.3. The van der Waals surface area contributed by atoms with Crippen molar-refractivity contribution in [1.82, 2.24) is 29.7 Å². The molecule has 41 heavy (non-hydrogen) atoms. The van der Waals surface area contributed by atoms with Crippen LogP contribution in [-0.4, -0.2) is 81.7 Å². The molecule has 9 nitrogen and oxygen atoms in total. The molecule has 0 saturated heterocycles. The van der Waals surface area contributed by atoms with Crippen molar-refractivity contribution in [3.8, 4) is 0 Å². The van der Waals surface area contributed by atoms with Crippen molar-refractivity contribution in [2.24, 2.45) is 0 Å². The van der Waals surface area contributed by atoms with Crippen LogP contribution in [0, 0.1) is 0 Å². The van der Waals surface area contributed by atoms with Gasteiger partial charge in [-0.2, -0.15) is 0 Å². The molecule has 0 bridgehead atoms. The number of nitrogen functional groups attached to an aromatic ring is 1. The topological polar surface area (TPSA) is 102 Å². The summed E-state index contributed by atoms with van der Waals surface area (Å²) < 4.78 is 8.18. The summed E-state index contributed by atoms with van der Waals surface area (Å²) in [5.74, 6) is 1.12. The first-order chi connectivity index (χ1) is 19.7. The second-order valence-corrected chi connectivity index (χ2v) is 11.5. The summed E-state index contributed by atoms with van der Waals surface area (Å²) in [5.41, 5.74) is 8.07. The number of nitrogens with zero attached hydrogens (tertiary/aromatic N) is 5. The predicted octanol–water partition coefficient (Wildman–Crippen LogP) is 5.21. The normalized spacial score (nSPS) is 12.3. The van der Waals surface area contributed by atoms with E-state index < -0.39 is 5.60 Å². The largest absolute Gasteiger partial charge is 0.458 e. The number of carbonyl (C=O) groups is 1. The number of hydrogen-bond donors (Lipinski definition) is 2. The molecule has 0 atom stereocenters. The number of para-hydroxylation sites is 1. The lowest BCUT2D eigenvalue weighted by Gasteiger charge is -2.27. The molecule has 1 aromatic carbocycles. The Labute approximate surface area is 246 Å². The average molecular weight is 568 g/mol. The van der Waals surface area contributed by atoms with E-state index in [1.54, 1.807) is 0 Å². The van der Waals surface area contributed by atoms with E-state index in [1.807, 2.05) is 38.1 Å². The van der Waals surface area contributed by atoms with Gasteiger partial charge in [0.15, 0.2) is 5.82 Å². The number of pyridine rings is 1. The number of imidazole rings is 1. The van der Waals surface area contributed by atoms with E-state index in [0.29, 0.717) is 30.8 Å². The van der Waals surface area contributed by atoms with Gasteiger partial charge in [-0.25, -0.2) is 9.97 Å². The van der Waals surface area contributed by atoms with Gasteiger partial charge in [0.1, 0.15) is 16.9 Å². The van der Waals surface area contributed by atoms with Gasteiger partial charge >= 0.3 is 5.97 Å². The molecule has 0 spiro atoms. The first kappa shape index (κ1) is 32.8. The fourth-order valence-corrected chi connectivity index (χ4v) is 5.49. The van der Waals surface area contributed by atoms with Gasteiger partial charge in [0, 0.05) is 11.8 Å². The standard InChI is InChI=1S/C32H53N7O2/c1-7-34-23-27-36-29-30(25-17-13-14-18-26(25)35-31(29)33)39(27)24-32(5,6)41-28(40)19-12-11-15-20-38(10-4)22-16-21-37(8-2)9-3/h13-14,17-18,34H,7-12,15-16,19-24H2,1-6H3,(H2,33,35). The highest BCUT2D eigenvalue weighted by molar-refractivity contribution is 6.06. The number of esters is 1. The fourth-order valence-electron chi connectivity index (χ4n) is 5.49. The van der Waals surface area contributed by atoms with Gasteiger partial charge in [-0.3, -0.25) is 4.79 Å². The Morgan fingerprint density at radius 2 is 1.63 bits per heavy atom. The van der Waals surface area contributed by atoms with Gasteiger partial charge in [0.25, 0.3) is 0 Å². The van der Waals surface area contributed by atoms with E-state index in [9.17, 15) is 4.79 Å². The minimum atomic E-state index is -0.714. The number of rotatable bonds is 19. The molecule has 3 aromatic rings. The third-order valence-electron chi connectivity index (χ3n) is 7.80. The number of ether oxygens (including phenoxy) is 1. The Bertz CT molecular complexity index is 1240. The summed E-state index contributed by atoms with van der Waals surface area (Å²) in [7, 11) is 0. The smallest absolute Gasteiger partial charge is 0.306 e. The molecule has 0 aliphatic heterocycles. The second kappa shape index (κ2) is 16.0. The van der Waals surface area contributed by atoms with Crippen LogP contribution in [0.25, 0.3) is 21.9 Å². The van der Waals surface area contributed by atoms with E-state index in [2.05, 4.69) is 52.4 Å². The van der Waals surface area contributed by atoms with Crippen molar-refractivity contribution >= 4 is 33.7 Å². The van der Waals surface area contributed by atoms with Crippen LogP contribution in [-0.2, 0) is 22.6 Å². The van der Waals surface area contributed by atoms with Crippen molar-refractivity contribution in [3.05, 3.63) is 30.1 Å². The number of nitrogens with two attached hydrogens (primary N) is 1. The lowest BCUT2D eigenvalue weighted by atomic mass is 10.1. The summed E-state index contributed by atoms with van der Waals surface area (Å²) in [5, 5.41) is 4.36. The predicted molar refractivity (Wildman–Crippen MR) is 170 cm³/mol. The number of hydrogen-bond acceptors (Lipinski definition) is 8. The monoisotopic (exact) mass is 567 g/mol. The Hall–Kier alpha value is -2.75. The van der Waals surface area contributed by atoms with E-state index in [-0.39, 0.29) is 5.97 Å². The minimum Gasteiger partial charge on any atom is -0.458 e. The lowest BCUT2D eigenvalue weighted by molar-refractivity contribution is -0.157. The summed E-state index contributed by atoms with van der Waals surface area (Å²) >= 11 is 0. The van der Waals surface area contributed by atoms with Crippen LogP contribution in [0.15, 0.2) is 24.3 Å². The summed E-state index contributed by atoms with van der Waals surface area (Å²) in [6, 6.07) is 7.96. The van der Waals surface area contributed by atoms with E-state index >= 15 is 0 Å². The zero-order valence-electron chi connectivity index (χ0n) is 26.3. The number of benzene rings is 1. The Morgan fingerprint density at radius 1 is 0.951 bits per heavy atom. The van der Waals surface area contributed by atoms with Crippen molar-refractivity contribution in [3.63, 3.8) is 0 Å². The van der Waals surface area contributed by atoms with Crippen molar-refractivity contribution in [2.45, 2.75) is 92.3 Å². The van der Waals surface area contributed by atoms with E-state index in [0.717, 1.165) is 87.3 Å².